The van der Waals surface area contributed by atoms with Gasteiger partial charge in [-0.25, -0.2) is 13.2 Å². The van der Waals surface area contributed by atoms with Crippen LogP contribution in [0, 0.1) is 23.4 Å². The first-order valence-corrected chi connectivity index (χ1v) is 15.1. The lowest BCUT2D eigenvalue weighted by Gasteiger charge is -2.32. The van der Waals surface area contributed by atoms with E-state index in [4.69, 9.17) is 0 Å². The zero-order valence-corrected chi connectivity index (χ0v) is 22.6. The topological polar surface area (TPSA) is 54.5 Å². The van der Waals surface area contributed by atoms with Crippen molar-refractivity contribution in [3.8, 4) is 11.1 Å². The average molecular weight is 581 g/mol. The fraction of sp³-hybridized carbons (Fsp3) is 0.310. The van der Waals surface area contributed by atoms with E-state index < -0.39 is 60.4 Å². The summed E-state index contributed by atoms with van der Waals surface area (Å²) < 4.78 is 95.9. The molecular weight excluding hydrogens is 555 g/mol. The van der Waals surface area contributed by atoms with Gasteiger partial charge < -0.3 is 9.46 Å². The zero-order chi connectivity index (χ0) is 29.4. The monoisotopic (exact) mass is 581 g/mol. The van der Waals surface area contributed by atoms with E-state index in [9.17, 15) is 31.7 Å². The standard InChI is InChI=1S/C29H26F6NO3P/c1-40(2,39)25-8-4-3-7-21(25)22-11-12-24(27(32)26(22)31)36-13-5-6-18(28(36)38)15-20(37)14-17-9-10-19(16-23(17)30)29(33,34)35/h3-4,7-12,16,18H,5-6,13-15H2,1-2H3/t18-/m0/s1. The maximum Gasteiger partial charge on any atom is 0.416 e. The molecule has 0 N–H and O–H groups in total. The Balaban J connectivity index is 1.53. The molecule has 1 heterocycles. The Morgan fingerprint density at radius 1 is 0.975 bits per heavy atom. The molecule has 1 amide bonds. The highest BCUT2D eigenvalue weighted by Crippen LogP contribution is 2.41. The molecule has 0 radical (unpaired) electrons. The summed E-state index contributed by atoms with van der Waals surface area (Å²) in [5, 5.41) is 0.387. The number of carbonyl (C=O) groups is 2. The number of piperidine rings is 1. The van der Waals surface area contributed by atoms with Gasteiger partial charge in [0.2, 0.25) is 5.91 Å². The van der Waals surface area contributed by atoms with E-state index >= 15 is 8.78 Å². The van der Waals surface area contributed by atoms with Crippen LogP contribution in [0.1, 0.15) is 30.4 Å². The Labute approximate surface area is 227 Å². The highest BCUT2D eigenvalue weighted by Gasteiger charge is 2.35. The van der Waals surface area contributed by atoms with Crippen molar-refractivity contribution in [1.82, 2.24) is 0 Å². The molecule has 1 saturated heterocycles. The van der Waals surface area contributed by atoms with Crippen LogP contribution >= 0.6 is 7.14 Å². The summed E-state index contributed by atoms with van der Waals surface area (Å²) in [5.41, 5.74) is -1.53. The number of carbonyl (C=O) groups excluding carboxylic acids is 2. The summed E-state index contributed by atoms with van der Waals surface area (Å²) in [5.74, 6) is -5.70. The predicted molar refractivity (Wildman–Crippen MR) is 141 cm³/mol. The number of alkyl halides is 3. The van der Waals surface area contributed by atoms with E-state index in [0.717, 1.165) is 11.0 Å². The van der Waals surface area contributed by atoms with Gasteiger partial charge in [0.25, 0.3) is 0 Å². The van der Waals surface area contributed by atoms with E-state index in [1.807, 2.05) is 0 Å². The van der Waals surface area contributed by atoms with Crippen molar-refractivity contribution in [3.05, 3.63) is 83.2 Å². The number of halogens is 6. The lowest BCUT2D eigenvalue weighted by Crippen LogP contribution is -2.42. The molecule has 0 aromatic heterocycles. The molecule has 3 aromatic rings. The smallest absolute Gasteiger partial charge is 0.319 e. The van der Waals surface area contributed by atoms with Crippen LogP contribution in [0.2, 0.25) is 0 Å². The molecule has 4 nitrogen and oxygen atoms in total. The Hall–Kier alpha value is -3.39. The number of hydrogen-bond acceptors (Lipinski definition) is 3. The van der Waals surface area contributed by atoms with Crippen molar-refractivity contribution in [2.45, 2.75) is 31.9 Å². The summed E-state index contributed by atoms with van der Waals surface area (Å²) in [6, 6.07) is 10.9. The van der Waals surface area contributed by atoms with Crippen LogP contribution < -0.4 is 10.2 Å². The van der Waals surface area contributed by atoms with E-state index in [2.05, 4.69) is 0 Å². The molecule has 0 bridgehead atoms. The highest BCUT2D eigenvalue weighted by molar-refractivity contribution is 7.70. The normalized spacial score (nSPS) is 16.4. The first-order valence-electron chi connectivity index (χ1n) is 12.5. The highest BCUT2D eigenvalue weighted by atomic mass is 31.2. The third-order valence-electron chi connectivity index (χ3n) is 6.92. The second kappa shape index (κ2) is 11.2. The second-order valence-electron chi connectivity index (χ2n) is 10.2. The second-order valence-corrected chi connectivity index (χ2v) is 13.4. The first-order chi connectivity index (χ1) is 18.7. The maximum atomic E-state index is 15.3. The van der Waals surface area contributed by atoms with Gasteiger partial charge in [-0.3, -0.25) is 9.59 Å². The summed E-state index contributed by atoms with van der Waals surface area (Å²) >= 11 is 0. The van der Waals surface area contributed by atoms with Gasteiger partial charge >= 0.3 is 6.18 Å². The van der Waals surface area contributed by atoms with Crippen molar-refractivity contribution in [3.63, 3.8) is 0 Å². The molecular formula is C29H26F6NO3P. The number of nitrogens with zero attached hydrogens (tertiary/aromatic N) is 1. The Bertz CT molecular complexity index is 1510. The molecule has 1 atom stereocenters. The summed E-state index contributed by atoms with van der Waals surface area (Å²) in [4.78, 5) is 26.9. The van der Waals surface area contributed by atoms with Crippen molar-refractivity contribution in [1.29, 1.82) is 0 Å². The van der Waals surface area contributed by atoms with Gasteiger partial charge in [-0.2, -0.15) is 13.2 Å². The van der Waals surface area contributed by atoms with Crippen LogP contribution in [0.25, 0.3) is 11.1 Å². The fourth-order valence-electron chi connectivity index (χ4n) is 4.93. The number of hydrogen-bond donors (Lipinski definition) is 0. The fourth-order valence-corrected chi connectivity index (χ4v) is 6.15. The maximum absolute atomic E-state index is 15.3. The summed E-state index contributed by atoms with van der Waals surface area (Å²) in [7, 11) is -2.82. The van der Waals surface area contributed by atoms with Crippen molar-refractivity contribution >= 4 is 29.8 Å². The number of Topliss-reactive ketones (excluding diaryl/α,β-unsaturated/α-hetero) is 1. The summed E-state index contributed by atoms with van der Waals surface area (Å²) in [6.45, 7) is 3.13. The average Bonchev–Trinajstić information content (AvgIpc) is 2.87. The molecule has 0 spiro atoms. The van der Waals surface area contributed by atoms with Gasteiger partial charge in [-0.1, -0.05) is 30.3 Å². The van der Waals surface area contributed by atoms with Crippen LogP contribution in [0.15, 0.2) is 54.6 Å². The molecule has 1 fully saturated rings. The molecule has 0 aliphatic carbocycles. The molecule has 1 aliphatic heterocycles. The number of rotatable bonds is 7. The number of anilines is 1. The minimum absolute atomic E-state index is 0.0858. The van der Waals surface area contributed by atoms with E-state index in [1.165, 1.54) is 25.5 Å². The van der Waals surface area contributed by atoms with Crippen LogP contribution in [0.5, 0.6) is 0 Å². The molecule has 40 heavy (non-hydrogen) atoms. The lowest BCUT2D eigenvalue weighted by atomic mass is 9.89. The van der Waals surface area contributed by atoms with E-state index in [-0.39, 0.29) is 41.8 Å². The predicted octanol–water partition coefficient (Wildman–Crippen LogP) is 6.98. The van der Waals surface area contributed by atoms with Crippen LogP contribution in [0.3, 0.4) is 0 Å². The quantitative estimate of drug-likeness (QED) is 0.224. The third kappa shape index (κ3) is 6.17. The molecule has 11 heteroatoms. The van der Waals surface area contributed by atoms with Crippen LogP contribution in [0.4, 0.5) is 32.0 Å². The summed E-state index contributed by atoms with van der Waals surface area (Å²) in [6.07, 6.45) is -4.89. The lowest BCUT2D eigenvalue weighted by molar-refractivity contribution is -0.137. The van der Waals surface area contributed by atoms with Gasteiger partial charge in [0.1, 0.15) is 18.7 Å². The van der Waals surface area contributed by atoms with Crippen molar-refractivity contribution < 1.29 is 40.5 Å². The molecule has 0 unspecified atom stereocenters. The minimum Gasteiger partial charge on any atom is -0.319 e. The largest absolute Gasteiger partial charge is 0.416 e. The molecule has 4 rings (SSSR count). The van der Waals surface area contributed by atoms with Gasteiger partial charge in [0.15, 0.2) is 11.6 Å². The van der Waals surface area contributed by atoms with E-state index in [0.29, 0.717) is 23.9 Å². The SMILES string of the molecule is CP(C)(=O)c1ccccc1-c1ccc(N2CCC[C@@H](CC(=O)Cc3ccc(C(F)(F)F)cc3F)C2=O)c(F)c1F. The van der Waals surface area contributed by atoms with Crippen molar-refractivity contribution in [2.24, 2.45) is 5.92 Å². The van der Waals surface area contributed by atoms with Gasteiger partial charge in [-0.05, 0) is 61.6 Å². The number of benzene rings is 3. The number of amides is 1. The van der Waals surface area contributed by atoms with Gasteiger partial charge in [0.05, 0.1) is 11.3 Å². The number of ketones is 1. The Morgan fingerprint density at radius 2 is 1.68 bits per heavy atom. The van der Waals surface area contributed by atoms with Crippen molar-refractivity contribution in [2.75, 3.05) is 24.8 Å². The Morgan fingerprint density at radius 3 is 2.33 bits per heavy atom. The third-order valence-corrected chi connectivity index (χ3v) is 8.47. The molecule has 0 saturated carbocycles. The van der Waals surface area contributed by atoms with E-state index in [1.54, 1.807) is 24.3 Å². The molecule has 3 aromatic carbocycles. The van der Waals surface area contributed by atoms with Gasteiger partial charge in [-0.15, -0.1) is 0 Å². The zero-order valence-electron chi connectivity index (χ0n) is 21.7. The Kier molecular flexibility index (Phi) is 8.31. The van der Waals surface area contributed by atoms with Gasteiger partial charge in [0, 0.05) is 36.2 Å². The van der Waals surface area contributed by atoms with Crippen LogP contribution in [-0.4, -0.2) is 31.6 Å². The first kappa shape index (κ1) is 29.6. The van der Waals surface area contributed by atoms with Crippen LogP contribution in [-0.2, 0) is 26.8 Å². The molecule has 212 valence electrons. The minimum atomic E-state index is -4.73. The molecule has 1 aliphatic rings.